The fourth-order valence-corrected chi connectivity index (χ4v) is 2.96. The second kappa shape index (κ2) is 6.82. The molecule has 18 heavy (non-hydrogen) atoms. The van der Waals surface area contributed by atoms with Crippen molar-refractivity contribution < 1.29 is 4.74 Å². The summed E-state index contributed by atoms with van der Waals surface area (Å²) in [7, 11) is 0. The molecule has 1 aromatic heterocycles. The molecule has 0 spiro atoms. The van der Waals surface area contributed by atoms with Crippen LogP contribution in [0.25, 0.3) is 0 Å². The number of rotatable bonds is 6. The molecule has 96 valence electrons. The number of halogens is 1. The first-order valence-electron chi connectivity index (χ1n) is 5.34. The van der Waals surface area contributed by atoms with Gasteiger partial charge in [-0.25, -0.2) is 0 Å². The number of thioether (sulfide) groups is 1. The van der Waals surface area contributed by atoms with Crippen molar-refractivity contribution in [3.05, 3.63) is 29.3 Å². The SMILES string of the molecule is Nc1nnc(SCCCOc2ccc(Cl)cc2)s1. The number of hydrogen-bond acceptors (Lipinski definition) is 6. The van der Waals surface area contributed by atoms with Crippen molar-refractivity contribution in [2.75, 3.05) is 18.1 Å². The number of nitrogens with zero attached hydrogens (tertiary/aromatic N) is 2. The van der Waals surface area contributed by atoms with Gasteiger partial charge in [0.1, 0.15) is 5.75 Å². The maximum atomic E-state index is 5.78. The molecule has 0 aliphatic rings. The van der Waals surface area contributed by atoms with Gasteiger partial charge >= 0.3 is 0 Å². The number of hydrogen-bond donors (Lipinski definition) is 1. The predicted octanol–water partition coefficient (Wildman–Crippen LogP) is 3.33. The van der Waals surface area contributed by atoms with E-state index in [-0.39, 0.29) is 0 Å². The van der Waals surface area contributed by atoms with Crippen molar-refractivity contribution >= 4 is 39.8 Å². The van der Waals surface area contributed by atoms with Crippen LogP contribution in [0, 0.1) is 0 Å². The lowest BCUT2D eigenvalue weighted by Gasteiger charge is -2.05. The van der Waals surface area contributed by atoms with Gasteiger partial charge in [0.25, 0.3) is 0 Å². The van der Waals surface area contributed by atoms with E-state index in [1.54, 1.807) is 11.8 Å². The molecule has 0 saturated heterocycles. The highest BCUT2D eigenvalue weighted by molar-refractivity contribution is 8.01. The van der Waals surface area contributed by atoms with Gasteiger partial charge in [-0.2, -0.15) is 0 Å². The second-order valence-electron chi connectivity index (χ2n) is 3.41. The van der Waals surface area contributed by atoms with Gasteiger partial charge < -0.3 is 10.5 Å². The zero-order valence-electron chi connectivity index (χ0n) is 9.51. The van der Waals surface area contributed by atoms with Gasteiger partial charge in [-0.1, -0.05) is 34.7 Å². The first-order chi connectivity index (χ1) is 8.74. The molecule has 1 heterocycles. The number of benzene rings is 1. The van der Waals surface area contributed by atoms with E-state index in [9.17, 15) is 0 Å². The Kier molecular flexibility index (Phi) is 5.10. The molecule has 2 aromatic rings. The molecule has 0 aliphatic heterocycles. The molecule has 4 nitrogen and oxygen atoms in total. The van der Waals surface area contributed by atoms with Gasteiger partial charge in [0.2, 0.25) is 5.13 Å². The quantitative estimate of drug-likeness (QED) is 0.655. The van der Waals surface area contributed by atoms with Crippen LogP contribution in [0.15, 0.2) is 28.6 Å². The van der Waals surface area contributed by atoms with E-state index in [4.69, 9.17) is 22.1 Å². The summed E-state index contributed by atoms with van der Waals surface area (Å²) in [6.45, 7) is 0.670. The van der Waals surface area contributed by atoms with Crippen LogP contribution in [0.5, 0.6) is 5.75 Å². The van der Waals surface area contributed by atoms with Crippen LogP contribution in [0.3, 0.4) is 0 Å². The van der Waals surface area contributed by atoms with E-state index in [0.29, 0.717) is 16.8 Å². The predicted molar refractivity (Wildman–Crippen MR) is 76.6 cm³/mol. The Bertz CT molecular complexity index is 489. The third-order valence-corrected chi connectivity index (χ3v) is 4.24. The van der Waals surface area contributed by atoms with Crippen LogP contribution < -0.4 is 10.5 Å². The average molecular weight is 302 g/mol. The molecule has 0 radical (unpaired) electrons. The number of ether oxygens (including phenoxy) is 1. The summed E-state index contributed by atoms with van der Waals surface area (Å²) >= 11 is 8.83. The molecule has 0 unspecified atom stereocenters. The Morgan fingerprint density at radius 3 is 2.72 bits per heavy atom. The highest BCUT2D eigenvalue weighted by atomic mass is 35.5. The first-order valence-corrected chi connectivity index (χ1v) is 7.52. The van der Waals surface area contributed by atoms with Crippen molar-refractivity contribution in [3.8, 4) is 5.75 Å². The Balaban J connectivity index is 1.63. The molecule has 1 aromatic carbocycles. The maximum Gasteiger partial charge on any atom is 0.203 e. The molecule has 0 atom stereocenters. The number of anilines is 1. The smallest absolute Gasteiger partial charge is 0.203 e. The molecule has 7 heteroatoms. The Morgan fingerprint density at radius 1 is 1.28 bits per heavy atom. The fourth-order valence-electron chi connectivity index (χ4n) is 1.22. The molecule has 2 rings (SSSR count). The largest absolute Gasteiger partial charge is 0.494 e. The van der Waals surface area contributed by atoms with Gasteiger partial charge in [0.05, 0.1) is 6.61 Å². The van der Waals surface area contributed by atoms with E-state index in [2.05, 4.69) is 10.2 Å². The van der Waals surface area contributed by atoms with Crippen LogP contribution in [0.4, 0.5) is 5.13 Å². The lowest BCUT2D eigenvalue weighted by Crippen LogP contribution is -1.98. The molecule has 0 aliphatic carbocycles. The van der Waals surface area contributed by atoms with Crippen LogP contribution in [-0.4, -0.2) is 22.6 Å². The van der Waals surface area contributed by atoms with Gasteiger partial charge in [0.15, 0.2) is 4.34 Å². The van der Waals surface area contributed by atoms with Crippen molar-refractivity contribution in [3.63, 3.8) is 0 Å². The lowest BCUT2D eigenvalue weighted by molar-refractivity contribution is 0.319. The summed E-state index contributed by atoms with van der Waals surface area (Å²) in [5.41, 5.74) is 5.49. The number of aromatic nitrogens is 2. The molecular formula is C11H12ClN3OS2. The molecule has 0 bridgehead atoms. The van der Waals surface area contributed by atoms with Gasteiger partial charge in [-0.15, -0.1) is 10.2 Å². The Morgan fingerprint density at radius 2 is 2.06 bits per heavy atom. The van der Waals surface area contributed by atoms with E-state index >= 15 is 0 Å². The Labute approximate surface area is 119 Å². The molecule has 0 amide bonds. The lowest BCUT2D eigenvalue weighted by atomic mass is 10.3. The Hall–Kier alpha value is -0.980. The van der Waals surface area contributed by atoms with Gasteiger partial charge in [0, 0.05) is 10.8 Å². The minimum Gasteiger partial charge on any atom is -0.494 e. The van der Waals surface area contributed by atoms with Crippen LogP contribution in [0.1, 0.15) is 6.42 Å². The maximum absolute atomic E-state index is 5.78. The number of nitrogen functional groups attached to an aromatic ring is 1. The van der Waals surface area contributed by atoms with E-state index in [0.717, 1.165) is 22.3 Å². The van der Waals surface area contributed by atoms with Crippen LogP contribution in [-0.2, 0) is 0 Å². The normalized spacial score (nSPS) is 10.5. The summed E-state index contributed by atoms with van der Waals surface area (Å²) < 4.78 is 6.48. The summed E-state index contributed by atoms with van der Waals surface area (Å²) in [5, 5.41) is 8.91. The van der Waals surface area contributed by atoms with Crippen molar-refractivity contribution in [1.82, 2.24) is 10.2 Å². The van der Waals surface area contributed by atoms with Gasteiger partial charge in [-0.3, -0.25) is 0 Å². The average Bonchev–Trinajstić information content (AvgIpc) is 2.77. The highest BCUT2D eigenvalue weighted by Crippen LogP contribution is 2.24. The summed E-state index contributed by atoms with van der Waals surface area (Å²) in [5.74, 6) is 1.77. The zero-order valence-corrected chi connectivity index (χ0v) is 11.9. The monoisotopic (exact) mass is 301 g/mol. The van der Waals surface area contributed by atoms with Crippen LogP contribution >= 0.6 is 34.7 Å². The molecule has 2 N–H and O–H groups in total. The third kappa shape index (κ3) is 4.36. The van der Waals surface area contributed by atoms with Gasteiger partial charge in [-0.05, 0) is 30.7 Å². The summed E-state index contributed by atoms with van der Waals surface area (Å²) in [6, 6.07) is 7.35. The topological polar surface area (TPSA) is 61.0 Å². The van der Waals surface area contributed by atoms with Crippen LogP contribution in [0.2, 0.25) is 5.02 Å². The van der Waals surface area contributed by atoms with E-state index < -0.39 is 0 Å². The standard InChI is InChI=1S/C11H12ClN3OS2/c12-8-2-4-9(5-3-8)16-6-1-7-17-11-15-14-10(13)18-11/h2-5H,1,6-7H2,(H2,13,14). The van der Waals surface area contributed by atoms with Crippen molar-refractivity contribution in [1.29, 1.82) is 0 Å². The minimum absolute atomic E-state index is 0.509. The highest BCUT2D eigenvalue weighted by Gasteiger charge is 2.01. The van der Waals surface area contributed by atoms with E-state index in [1.165, 1.54) is 11.3 Å². The summed E-state index contributed by atoms with van der Waals surface area (Å²) in [6.07, 6.45) is 0.937. The molecular weight excluding hydrogens is 290 g/mol. The number of nitrogens with two attached hydrogens (primary N) is 1. The minimum atomic E-state index is 0.509. The first kappa shape index (κ1) is 13.5. The fraction of sp³-hybridized carbons (Fsp3) is 0.273. The summed E-state index contributed by atoms with van der Waals surface area (Å²) in [4.78, 5) is 0. The molecule has 0 saturated carbocycles. The van der Waals surface area contributed by atoms with Crippen molar-refractivity contribution in [2.24, 2.45) is 0 Å². The molecule has 0 fully saturated rings. The van der Waals surface area contributed by atoms with E-state index in [1.807, 2.05) is 24.3 Å². The van der Waals surface area contributed by atoms with Crippen molar-refractivity contribution in [2.45, 2.75) is 10.8 Å². The second-order valence-corrected chi connectivity index (χ2v) is 6.20. The third-order valence-electron chi connectivity index (χ3n) is 2.02. The zero-order chi connectivity index (χ0) is 12.8.